The predicted octanol–water partition coefficient (Wildman–Crippen LogP) is 2.93. The summed E-state index contributed by atoms with van der Waals surface area (Å²) >= 11 is 3.41. The van der Waals surface area contributed by atoms with E-state index in [1.165, 1.54) is 0 Å². The monoisotopic (exact) mass is 354 g/mol. The molecule has 0 atom stereocenters. The van der Waals surface area contributed by atoms with Crippen molar-refractivity contribution in [2.24, 2.45) is 0 Å². The van der Waals surface area contributed by atoms with Gasteiger partial charge in [-0.15, -0.1) is 0 Å². The summed E-state index contributed by atoms with van der Waals surface area (Å²) < 4.78 is 9.54. The van der Waals surface area contributed by atoms with Crippen molar-refractivity contribution < 1.29 is 9.53 Å². The lowest BCUT2D eigenvalue weighted by molar-refractivity contribution is 0.101. The van der Waals surface area contributed by atoms with E-state index in [9.17, 15) is 4.79 Å². The van der Waals surface area contributed by atoms with Crippen LogP contribution >= 0.6 is 15.9 Å². The molecule has 1 N–H and O–H groups in total. The van der Waals surface area contributed by atoms with Gasteiger partial charge in [0, 0.05) is 30.0 Å². The Balaban J connectivity index is 2.09. The van der Waals surface area contributed by atoms with Crippen LogP contribution in [0.3, 0.4) is 0 Å². The second kappa shape index (κ2) is 6.91. The molecule has 0 aliphatic rings. The summed E-state index contributed by atoms with van der Waals surface area (Å²) in [5.74, 6) is -0.152. The number of hydrogen-bond acceptors (Lipinski definition) is 3. The zero-order valence-corrected chi connectivity index (χ0v) is 13.9. The number of rotatable bonds is 6. The van der Waals surface area contributed by atoms with E-state index < -0.39 is 0 Å². The average Bonchev–Trinajstić information content (AvgIpc) is 3.03. The van der Waals surface area contributed by atoms with Crippen LogP contribution in [0.15, 0.2) is 29.1 Å². The van der Waals surface area contributed by atoms with Gasteiger partial charge in [-0.1, -0.05) is 0 Å². The molecular formula is C14H19BrN4O2. The highest BCUT2D eigenvalue weighted by Gasteiger charge is 2.15. The third kappa shape index (κ3) is 3.95. The third-order valence-corrected chi connectivity index (χ3v) is 3.45. The maximum Gasteiger partial charge on any atom is 0.272 e. The number of hydrogen-bond donors (Lipinski definition) is 1. The van der Waals surface area contributed by atoms with Crippen molar-refractivity contribution in [1.29, 1.82) is 0 Å². The van der Waals surface area contributed by atoms with Gasteiger partial charge in [0.15, 0.2) is 0 Å². The predicted molar refractivity (Wildman–Crippen MR) is 84.6 cm³/mol. The van der Waals surface area contributed by atoms with Crippen LogP contribution < -0.4 is 5.32 Å². The van der Waals surface area contributed by atoms with Crippen LogP contribution in [0.5, 0.6) is 0 Å². The van der Waals surface area contributed by atoms with Gasteiger partial charge in [-0.25, -0.2) is 0 Å². The molecule has 2 rings (SSSR count). The summed E-state index contributed by atoms with van der Waals surface area (Å²) in [4.78, 5) is 12.4. The number of carbonyl (C=O) groups is 1. The second-order valence-corrected chi connectivity index (χ2v) is 5.90. The van der Waals surface area contributed by atoms with Crippen molar-refractivity contribution >= 4 is 27.5 Å². The fraction of sp³-hybridized carbons (Fsp3) is 0.429. The van der Waals surface area contributed by atoms with Crippen molar-refractivity contribution in [2.75, 3.05) is 19.0 Å². The van der Waals surface area contributed by atoms with Gasteiger partial charge < -0.3 is 14.6 Å². The van der Waals surface area contributed by atoms with Crippen molar-refractivity contribution in [3.63, 3.8) is 0 Å². The van der Waals surface area contributed by atoms with Crippen LogP contribution in [0.1, 0.15) is 30.4 Å². The highest BCUT2D eigenvalue weighted by atomic mass is 79.9. The van der Waals surface area contributed by atoms with E-state index in [1.54, 1.807) is 24.2 Å². The fourth-order valence-electron chi connectivity index (χ4n) is 1.99. The lowest BCUT2D eigenvalue weighted by Gasteiger charge is -2.12. The molecule has 1 amide bonds. The fourth-order valence-corrected chi connectivity index (χ4v) is 2.42. The summed E-state index contributed by atoms with van der Waals surface area (Å²) in [6.45, 7) is 5.30. The third-order valence-electron chi connectivity index (χ3n) is 3.02. The quantitative estimate of drug-likeness (QED) is 0.867. The van der Waals surface area contributed by atoms with Crippen LogP contribution in [0, 0.1) is 0 Å². The normalized spacial score (nSPS) is 11.1. The van der Waals surface area contributed by atoms with Gasteiger partial charge in [-0.2, -0.15) is 5.10 Å². The molecule has 114 valence electrons. The summed E-state index contributed by atoms with van der Waals surface area (Å²) in [6, 6.07) is 2.02. The molecular weight excluding hydrogens is 336 g/mol. The second-order valence-electron chi connectivity index (χ2n) is 4.98. The van der Waals surface area contributed by atoms with Crippen molar-refractivity contribution in [3.05, 3.63) is 34.8 Å². The summed E-state index contributed by atoms with van der Waals surface area (Å²) in [5.41, 5.74) is 1.28. The molecule has 0 radical (unpaired) electrons. The van der Waals surface area contributed by atoms with Gasteiger partial charge in [0.25, 0.3) is 5.91 Å². The first-order chi connectivity index (χ1) is 10.0. The first-order valence-electron chi connectivity index (χ1n) is 6.71. The SMILES string of the molecule is COCCn1cc(NC(=O)c2cc(Br)cn2C(C)C)cn1. The zero-order valence-electron chi connectivity index (χ0n) is 12.3. The van der Waals surface area contributed by atoms with E-state index in [-0.39, 0.29) is 11.9 Å². The van der Waals surface area contributed by atoms with Gasteiger partial charge in [0.05, 0.1) is 25.0 Å². The Morgan fingerprint density at radius 3 is 2.90 bits per heavy atom. The van der Waals surface area contributed by atoms with Gasteiger partial charge in [-0.3, -0.25) is 9.48 Å². The van der Waals surface area contributed by atoms with E-state index in [0.717, 1.165) is 4.47 Å². The van der Waals surface area contributed by atoms with Crippen LogP contribution in [-0.4, -0.2) is 34.0 Å². The Morgan fingerprint density at radius 1 is 1.48 bits per heavy atom. The number of anilines is 1. The number of halogens is 1. The largest absolute Gasteiger partial charge is 0.383 e. The Labute approximate surface area is 132 Å². The van der Waals surface area contributed by atoms with E-state index in [1.807, 2.05) is 30.7 Å². The molecule has 6 nitrogen and oxygen atoms in total. The molecule has 7 heteroatoms. The Morgan fingerprint density at radius 2 is 2.24 bits per heavy atom. The number of methoxy groups -OCH3 is 1. The molecule has 0 spiro atoms. The van der Waals surface area contributed by atoms with Crippen LogP contribution in [0.25, 0.3) is 0 Å². The first-order valence-corrected chi connectivity index (χ1v) is 7.50. The molecule has 0 aliphatic carbocycles. The van der Waals surface area contributed by atoms with E-state index in [4.69, 9.17) is 4.74 Å². The maximum atomic E-state index is 12.4. The summed E-state index contributed by atoms with van der Waals surface area (Å²) in [5, 5.41) is 7.03. The lowest BCUT2D eigenvalue weighted by atomic mass is 10.3. The molecule has 0 aromatic carbocycles. The van der Waals surface area contributed by atoms with E-state index in [0.29, 0.717) is 24.5 Å². The Hall–Kier alpha value is -1.60. The topological polar surface area (TPSA) is 61.1 Å². The molecule has 2 aromatic rings. The first kappa shape index (κ1) is 15.8. The van der Waals surface area contributed by atoms with Crippen LogP contribution in [0.2, 0.25) is 0 Å². The lowest BCUT2D eigenvalue weighted by Crippen LogP contribution is -2.17. The highest BCUT2D eigenvalue weighted by molar-refractivity contribution is 9.10. The van der Waals surface area contributed by atoms with Crippen LogP contribution in [-0.2, 0) is 11.3 Å². The van der Waals surface area contributed by atoms with Crippen molar-refractivity contribution in [2.45, 2.75) is 26.4 Å². The van der Waals surface area contributed by atoms with Gasteiger partial charge in [0.2, 0.25) is 0 Å². The number of nitrogens with zero attached hydrogens (tertiary/aromatic N) is 3. The molecule has 2 aromatic heterocycles. The minimum atomic E-state index is -0.152. The minimum absolute atomic E-state index is 0.152. The number of ether oxygens (including phenoxy) is 1. The number of nitrogens with one attached hydrogen (secondary N) is 1. The van der Waals surface area contributed by atoms with E-state index in [2.05, 4.69) is 26.3 Å². The number of amides is 1. The summed E-state index contributed by atoms with van der Waals surface area (Å²) in [6.07, 6.45) is 5.32. The molecule has 0 aliphatic heterocycles. The Kier molecular flexibility index (Phi) is 5.19. The van der Waals surface area contributed by atoms with Gasteiger partial charge in [0.1, 0.15) is 5.69 Å². The molecule has 21 heavy (non-hydrogen) atoms. The molecule has 0 fully saturated rings. The van der Waals surface area contributed by atoms with Crippen molar-refractivity contribution in [3.8, 4) is 0 Å². The molecule has 0 saturated heterocycles. The van der Waals surface area contributed by atoms with Gasteiger partial charge in [-0.05, 0) is 35.8 Å². The summed E-state index contributed by atoms with van der Waals surface area (Å²) in [7, 11) is 1.64. The van der Waals surface area contributed by atoms with Crippen molar-refractivity contribution in [1.82, 2.24) is 14.3 Å². The minimum Gasteiger partial charge on any atom is -0.383 e. The smallest absolute Gasteiger partial charge is 0.272 e. The number of aromatic nitrogens is 3. The molecule has 0 unspecified atom stereocenters. The zero-order chi connectivity index (χ0) is 15.4. The average molecular weight is 355 g/mol. The Bertz CT molecular complexity index is 618. The van der Waals surface area contributed by atoms with E-state index >= 15 is 0 Å². The molecule has 2 heterocycles. The molecule has 0 saturated carbocycles. The maximum absolute atomic E-state index is 12.4. The highest BCUT2D eigenvalue weighted by Crippen LogP contribution is 2.20. The number of carbonyl (C=O) groups excluding carboxylic acids is 1. The standard InChI is InChI=1S/C14H19BrN4O2/c1-10(2)19-8-11(15)6-13(19)14(20)17-12-7-16-18(9-12)4-5-21-3/h6-10H,4-5H2,1-3H3,(H,17,20). The van der Waals surface area contributed by atoms with Crippen LogP contribution in [0.4, 0.5) is 5.69 Å². The molecule has 0 bridgehead atoms. The van der Waals surface area contributed by atoms with Gasteiger partial charge >= 0.3 is 0 Å².